The Balaban J connectivity index is 2.40. The predicted octanol–water partition coefficient (Wildman–Crippen LogP) is 3.06. The lowest BCUT2D eigenvalue weighted by Gasteiger charge is -2.12. The molecule has 0 fully saturated rings. The Kier molecular flexibility index (Phi) is 5.19. The minimum Gasteiger partial charge on any atom is -0.497 e. The first-order valence-electron chi connectivity index (χ1n) is 6.71. The van der Waals surface area contributed by atoms with Gasteiger partial charge in [-0.1, -0.05) is 6.07 Å². The number of ether oxygens (including phenoxy) is 4. The quantitative estimate of drug-likeness (QED) is 0.790. The van der Waals surface area contributed by atoms with Crippen LogP contribution in [0, 0.1) is 0 Å². The van der Waals surface area contributed by atoms with E-state index in [1.165, 1.54) is 32.4 Å². The second-order valence-corrected chi connectivity index (χ2v) is 4.48. The van der Waals surface area contributed by atoms with Crippen molar-refractivity contribution in [3.63, 3.8) is 0 Å². The van der Waals surface area contributed by atoms with Crippen LogP contribution in [0.3, 0.4) is 0 Å². The largest absolute Gasteiger partial charge is 0.497 e. The molecule has 0 aliphatic heterocycles. The Morgan fingerprint density at radius 3 is 2.17 bits per heavy atom. The molecule has 0 N–H and O–H groups in total. The van der Waals surface area contributed by atoms with Crippen LogP contribution in [0.1, 0.15) is 20.7 Å². The van der Waals surface area contributed by atoms with Crippen LogP contribution in [0.4, 0.5) is 0 Å². The van der Waals surface area contributed by atoms with Crippen molar-refractivity contribution in [3.8, 4) is 17.2 Å². The SMILES string of the molecule is COC(=O)c1ccc(Oc2cccc(OC)c2)c(C(=O)OC)c1. The second kappa shape index (κ2) is 7.31. The van der Waals surface area contributed by atoms with Crippen molar-refractivity contribution in [1.82, 2.24) is 0 Å². The maximum atomic E-state index is 11.9. The molecule has 2 rings (SSSR count). The van der Waals surface area contributed by atoms with E-state index in [9.17, 15) is 9.59 Å². The van der Waals surface area contributed by atoms with Gasteiger partial charge in [-0.15, -0.1) is 0 Å². The molecule has 0 heterocycles. The van der Waals surface area contributed by atoms with Gasteiger partial charge in [-0.3, -0.25) is 0 Å². The molecule has 0 spiro atoms. The molecule has 6 heteroatoms. The minimum atomic E-state index is -0.617. The number of esters is 2. The van der Waals surface area contributed by atoms with Gasteiger partial charge in [0.15, 0.2) is 0 Å². The fourth-order valence-corrected chi connectivity index (χ4v) is 1.92. The molecule has 0 bridgehead atoms. The second-order valence-electron chi connectivity index (χ2n) is 4.48. The van der Waals surface area contributed by atoms with Gasteiger partial charge in [-0.2, -0.15) is 0 Å². The summed E-state index contributed by atoms with van der Waals surface area (Å²) in [6.45, 7) is 0. The molecule has 0 unspecified atom stereocenters. The van der Waals surface area contributed by atoms with Crippen molar-refractivity contribution in [3.05, 3.63) is 53.6 Å². The van der Waals surface area contributed by atoms with E-state index in [2.05, 4.69) is 4.74 Å². The van der Waals surface area contributed by atoms with Gasteiger partial charge >= 0.3 is 11.9 Å². The maximum absolute atomic E-state index is 11.9. The molecule has 0 radical (unpaired) electrons. The molecule has 2 aromatic rings. The molecule has 6 nitrogen and oxygen atoms in total. The van der Waals surface area contributed by atoms with E-state index in [4.69, 9.17) is 14.2 Å². The van der Waals surface area contributed by atoms with Crippen molar-refractivity contribution >= 4 is 11.9 Å². The average Bonchev–Trinajstić information content (AvgIpc) is 2.60. The van der Waals surface area contributed by atoms with Crippen LogP contribution in [-0.2, 0) is 9.47 Å². The van der Waals surface area contributed by atoms with Gasteiger partial charge in [0, 0.05) is 6.07 Å². The normalized spacial score (nSPS) is 9.87. The smallest absolute Gasteiger partial charge is 0.341 e. The topological polar surface area (TPSA) is 71.1 Å². The van der Waals surface area contributed by atoms with Crippen LogP contribution in [0.25, 0.3) is 0 Å². The molecule has 0 saturated carbocycles. The van der Waals surface area contributed by atoms with E-state index in [1.807, 2.05) is 0 Å². The van der Waals surface area contributed by atoms with Gasteiger partial charge in [0.1, 0.15) is 22.8 Å². The summed E-state index contributed by atoms with van der Waals surface area (Å²) in [4.78, 5) is 23.5. The van der Waals surface area contributed by atoms with Gasteiger partial charge in [0.2, 0.25) is 0 Å². The molecular weight excluding hydrogens is 300 g/mol. The fraction of sp³-hybridized carbons (Fsp3) is 0.176. The first-order chi connectivity index (χ1) is 11.1. The van der Waals surface area contributed by atoms with E-state index in [0.29, 0.717) is 11.5 Å². The maximum Gasteiger partial charge on any atom is 0.341 e. The molecule has 23 heavy (non-hydrogen) atoms. The number of carbonyl (C=O) groups is 2. The Hall–Kier alpha value is -3.02. The summed E-state index contributed by atoms with van der Waals surface area (Å²) in [5.74, 6) is 0.197. The first-order valence-corrected chi connectivity index (χ1v) is 6.71. The first kappa shape index (κ1) is 16.4. The summed E-state index contributed by atoms with van der Waals surface area (Å²) in [5.41, 5.74) is 0.351. The zero-order valence-electron chi connectivity index (χ0n) is 13.0. The fourth-order valence-electron chi connectivity index (χ4n) is 1.92. The molecule has 0 atom stereocenters. The summed E-state index contributed by atoms with van der Waals surface area (Å²) in [7, 11) is 4.06. The van der Waals surface area contributed by atoms with E-state index < -0.39 is 11.9 Å². The number of hydrogen-bond acceptors (Lipinski definition) is 6. The van der Waals surface area contributed by atoms with E-state index in [-0.39, 0.29) is 16.9 Å². The minimum absolute atomic E-state index is 0.123. The van der Waals surface area contributed by atoms with Crippen LogP contribution in [0.2, 0.25) is 0 Å². The Morgan fingerprint density at radius 2 is 1.52 bits per heavy atom. The van der Waals surface area contributed by atoms with E-state index in [1.54, 1.807) is 31.4 Å². The lowest BCUT2D eigenvalue weighted by atomic mass is 10.1. The highest BCUT2D eigenvalue weighted by Crippen LogP contribution is 2.29. The van der Waals surface area contributed by atoms with Crippen LogP contribution in [-0.4, -0.2) is 33.3 Å². The highest BCUT2D eigenvalue weighted by molar-refractivity contribution is 5.97. The standard InChI is InChI=1S/C17H16O6/c1-20-12-5-4-6-13(10-12)23-15-8-7-11(16(18)21-2)9-14(15)17(19)22-3/h4-10H,1-3H3. The van der Waals surface area contributed by atoms with Crippen LogP contribution in [0.5, 0.6) is 17.2 Å². The number of rotatable bonds is 5. The van der Waals surface area contributed by atoms with Gasteiger partial charge in [-0.25, -0.2) is 9.59 Å². The molecule has 0 saturated heterocycles. The zero-order chi connectivity index (χ0) is 16.8. The lowest BCUT2D eigenvalue weighted by molar-refractivity contribution is 0.0597. The molecule has 0 amide bonds. The van der Waals surface area contributed by atoms with Crippen molar-refractivity contribution in [2.75, 3.05) is 21.3 Å². The molecule has 2 aromatic carbocycles. The lowest BCUT2D eigenvalue weighted by Crippen LogP contribution is -2.08. The summed E-state index contributed by atoms with van der Waals surface area (Å²) in [6.07, 6.45) is 0. The van der Waals surface area contributed by atoms with E-state index in [0.717, 1.165) is 0 Å². The summed E-state index contributed by atoms with van der Waals surface area (Å²) in [6, 6.07) is 11.3. The number of carbonyl (C=O) groups excluding carboxylic acids is 2. The van der Waals surface area contributed by atoms with Crippen LogP contribution in [0.15, 0.2) is 42.5 Å². The Labute approximate surface area is 133 Å². The van der Waals surface area contributed by atoms with Crippen molar-refractivity contribution < 1.29 is 28.5 Å². The van der Waals surface area contributed by atoms with Crippen molar-refractivity contribution in [2.45, 2.75) is 0 Å². The van der Waals surface area contributed by atoms with Crippen molar-refractivity contribution in [2.24, 2.45) is 0 Å². The molecule has 0 aromatic heterocycles. The summed E-state index contributed by atoms with van der Waals surface area (Å²) >= 11 is 0. The predicted molar refractivity (Wildman–Crippen MR) is 82.2 cm³/mol. The highest BCUT2D eigenvalue weighted by atomic mass is 16.5. The molecule has 0 aliphatic carbocycles. The monoisotopic (exact) mass is 316 g/mol. The number of benzene rings is 2. The van der Waals surface area contributed by atoms with Crippen LogP contribution < -0.4 is 9.47 Å². The molecule has 0 aliphatic rings. The van der Waals surface area contributed by atoms with Gasteiger partial charge in [-0.05, 0) is 30.3 Å². The number of hydrogen-bond donors (Lipinski definition) is 0. The Morgan fingerprint density at radius 1 is 0.826 bits per heavy atom. The number of methoxy groups -OCH3 is 3. The van der Waals surface area contributed by atoms with Gasteiger partial charge in [0.05, 0.1) is 26.9 Å². The van der Waals surface area contributed by atoms with Crippen molar-refractivity contribution in [1.29, 1.82) is 0 Å². The molecule has 120 valence electrons. The third kappa shape index (κ3) is 3.79. The van der Waals surface area contributed by atoms with Crippen LogP contribution >= 0.6 is 0 Å². The summed E-state index contributed by atoms with van der Waals surface area (Å²) < 4.78 is 20.2. The third-order valence-corrected chi connectivity index (χ3v) is 3.07. The van der Waals surface area contributed by atoms with E-state index >= 15 is 0 Å². The zero-order valence-corrected chi connectivity index (χ0v) is 13.0. The third-order valence-electron chi connectivity index (χ3n) is 3.07. The summed E-state index contributed by atoms with van der Waals surface area (Å²) in [5, 5.41) is 0. The van der Waals surface area contributed by atoms with Gasteiger partial charge < -0.3 is 18.9 Å². The highest BCUT2D eigenvalue weighted by Gasteiger charge is 2.18. The molecular formula is C17H16O6. The van der Waals surface area contributed by atoms with Gasteiger partial charge in [0.25, 0.3) is 0 Å². The Bertz CT molecular complexity index is 723. The average molecular weight is 316 g/mol.